The molecule has 2 N–H and O–H groups in total. The summed E-state index contributed by atoms with van der Waals surface area (Å²) in [6.07, 6.45) is 0.469. The van der Waals surface area contributed by atoms with Gasteiger partial charge in [-0.1, -0.05) is 12.2 Å². The maximum absolute atomic E-state index is 12.3. The van der Waals surface area contributed by atoms with Crippen LogP contribution in [0.15, 0.2) is 4.42 Å². The van der Waals surface area contributed by atoms with Crippen LogP contribution in [-0.2, 0) is 4.74 Å². The number of methoxy groups -OCH3 is 1. The number of aryl methyl sites for hydroxylation is 2. The Labute approximate surface area is 117 Å². The van der Waals surface area contributed by atoms with Gasteiger partial charge in [0, 0.05) is 33.5 Å². The molecule has 6 nitrogen and oxygen atoms in total. The van der Waals surface area contributed by atoms with Gasteiger partial charge >= 0.3 is 0 Å². The molecule has 0 bridgehead atoms. The average molecular weight is 285 g/mol. The van der Waals surface area contributed by atoms with E-state index >= 15 is 0 Å². The first-order valence-electron chi connectivity index (χ1n) is 5.96. The lowest BCUT2D eigenvalue weighted by molar-refractivity contribution is 0.0668. The molecular formula is C12H19N3O3S. The van der Waals surface area contributed by atoms with E-state index in [1.165, 1.54) is 0 Å². The van der Waals surface area contributed by atoms with Crippen LogP contribution in [0.2, 0.25) is 0 Å². The van der Waals surface area contributed by atoms with Crippen LogP contribution in [0, 0.1) is 13.8 Å². The number of hydrogen-bond donors (Lipinski definition) is 1. The molecule has 0 aliphatic rings. The summed E-state index contributed by atoms with van der Waals surface area (Å²) in [4.78, 5) is 18.4. The molecule has 1 heterocycles. The van der Waals surface area contributed by atoms with E-state index < -0.39 is 0 Å². The monoisotopic (exact) mass is 285 g/mol. The maximum Gasteiger partial charge on any atom is 0.291 e. The van der Waals surface area contributed by atoms with Crippen LogP contribution in [-0.4, -0.2) is 47.6 Å². The Morgan fingerprint density at radius 2 is 2.16 bits per heavy atom. The molecule has 106 valence electrons. The number of ether oxygens (including phenoxy) is 1. The van der Waals surface area contributed by atoms with Gasteiger partial charge < -0.3 is 19.8 Å². The van der Waals surface area contributed by atoms with E-state index in [0.29, 0.717) is 42.7 Å². The number of thiocarbonyl (C=S) groups is 1. The fraction of sp³-hybridized carbons (Fsp3) is 0.583. The van der Waals surface area contributed by atoms with Crippen molar-refractivity contribution in [3.05, 3.63) is 17.3 Å². The summed E-state index contributed by atoms with van der Waals surface area (Å²) in [6.45, 7) is 4.78. The first kappa shape index (κ1) is 15.6. The second kappa shape index (κ2) is 7.20. The van der Waals surface area contributed by atoms with Gasteiger partial charge in [0.25, 0.3) is 5.91 Å². The Hall–Kier alpha value is -1.47. The van der Waals surface area contributed by atoms with Crippen molar-refractivity contribution in [3.63, 3.8) is 0 Å². The number of amides is 1. The van der Waals surface area contributed by atoms with Crippen molar-refractivity contribution in [1.29, 1.82) is 0 Å². The highest BCUT2D eigenvalue weighted by molar-refractivity contribution is 7.80. The number of aromatic nitrogens is 1. The maximum atomic E-state index is 12.3. The third kappa shape index (κ3) is 4.60. The minimum absolute atomic E-state index is 0.216. The second-order valence-electron chi connectivity index (χ2n) is 4.15. The number of nitrogens with zero attached hydrogens (tertiary/aromatic N) is 2. The fourth-order valence-electron chi connectivity index (χ4n) is 1.63. The molecule has 7 heteroatoms. The molecule has 0 fully saturated rings. The number of oxazole rings is 1. The van der Waals surface area contributed by atoms with E-state index in [0.717, 1.165) is 0 Å². The SMILES string of the molecule is COCCN(CCC(N)=S)C(=O)c1oc(C)nc1C. The van der Waals surface area contributed by atoms with Gasteiger partial charge in [-0.15, -0.1) is 0 Å². The van der Waals surface area contributed by atoms with Gasteiger partial charge in [-0.05, 0) is 6.92 Å². The largest absolute Gasteiger partial charge is 0.436 e. The predicted octanol–water partition coefficient (Wildman–Crippen LogP) is 1.06. The number of nitrogens with two attached hydrogens (primary N) is 1. The van der Waals surface area contributed by atoms with Gasteiger partial charge in [0.05, 0.1) is 17.3 Å². The lowest BCUT2D eigenvalue weighted by Crippen LogP contribution is -2.36. The Balaban J connectivity index is 2.80. The van der Waals surface area contributed by atoms with Crippen molar-refractivity contribution in [1.82, 2.24) is 9.88 Å². The zero-order valence-corrected chi connectivity index (χ0v) is 12.2. The number of hydrogen-bond acceptors (Lipinski definition) is 5. The number of carbonyl (C=O) groups is 1. The van der Waals surface area contributed by atoms with Gasteiger partial charge in [-0.2, -0.15) is 0 Å². The van der Waals surface area contributed by atoms with E-state index in [1.54, 1.807) is 25.9 Å². The smallest absolute Gasteiger partial charge is 0.291 e. The van der Waals surface area contributed by atoms with Crippen LogP contribution in [0.25, 0.3) is 0 Å². The van der Waals surface area contributed by atoms with E-state index in [-0.39, 0.29) is 11.7 Å². The fourth-order valence-corrected chi connectivity index (χ4v) is 1.73. The van der Waals surface area contributed by atoms with E-state index in [4.69, 9.17) is 27.1 Å². The molecule has 1 rings (SSSR count). The van der Waals surface area contributed by atoms with Crippen LogP contribution < -0.4 is 5.73 Å². The van der Waals surface area contributed by atoms with Crippen LogP contribution in [0.3, 0.4) is 0 Å². The van der Waals surface area contributed by atoms with E-state index in [2.05, 4.69) is 4.98 Å². The normalized spacial score (nSPS) is 10.5. The Morgan fingerprint density at radius 1 is 1.47 bits per heavy atom. The molecule has 0 radical (unpaired) electrons. The molecule has 0 aliphatic carbocycles. The summed E-state index contributed by atoms with van der Waals surface area (Å²) in [7, 11) is 1.58. The second-order valence-corrected chi connectivity index (χ2v) is 4.67. The molecule has 0 aromatic carbocycles. The predicted molar refractivity (Wildman–Crippen MR) is 75.2 cm³/mol. The molecule has 0 saturated heterocycles. The first-order chi connectivity index (χ1) is 8.95. The average Bonchev–Trinajstić information content (AvgIpc) is 2.67. The molecular weight excluding hydrogens is 266 g/mol. The van der Waals surface area contributed by atoms with E-state index in [9.17, 15) is 4.79 Å². The van der Waals surface area contributed by atoms with E-state index in [1.807, 2.05) is 0 Å². The third-order valence-electron chi connectivity index (χ3n) is 2.58. The highest BCUT2D eigenvalue weighted by atomic mass is 32.1. The van der Waals surface area contributed by atoms with Gasteiger partial charge in [-0.25, -0.2) is 4.98 Å². The van der Waals surface area contributed by atoms with Gasteiger partial charge in [0.2, 0.25) is 5.76 Å². The van der Waals surface area contributed by atoms with Gasteiger partial charge in [0.1, 0.15) is 0 Å². The van der Waals surface area contributed by atoms with Gasteiger partial charge in [0.15, 0.2) is 5.89 Å². The summed E-state index contributed by atoms with van der Waals surface area (Å²) in [5, 5.41) is 0. The molecule has 0 saturated carbocycles. The van der Waals surface area contributed by atoms with Gasteiger partial charge in [-0.3, -0.25) is 4.79 Å². The molecule has 0 aliphatic heterocycles. The zero-order chi connectivity index (χ0) is 14.4. The van der Waals surface area contributed by atoms with Crippen molar-refractivity contribution >= 4 is 23.1 Å². The summed E-state index contributed by atoms with van der Waals surface area (Å²) in [5.41, 5.74) is 6.05. The zero-order valence-electron chi connectivity index (χ0n) is 11.4. The lowest BCUT2D eigenvalue weighted by Gasteiger charge is -2.21. The standard InChI is InChI=1S/C12H19N3O3S/c1-8-11(18-9(2)14-8)12(16)15(6-7-17-3)5-4-10(13)19/h4-7H2,1-3H3,(H2,13,19). The quantitative estimate of drug-likeness (QED) is 0.754. The molecule has 0 unspecified atom stereocenters. The molecule has 0 atom stereocenters. The van der Waals surface area contributed by atoms with Crippen LogP contribution >= 0.6 is 12.2 Å². The minimum atomic E-state index is -0.216. The molecule has 19 heavy (non-hydrogen) atoms. The summed E-state index contributed by atoms with van der Waals surface area (Å²) < 4.78 is 10.3. The highest BCUT2D eigenvalue weighted by Gasteiger charge is 2.22. The van der Waals surface area contributed by atoms with Crippen LogP contribution in [0.5, 0.6) is 0 Å². The van der Waals surface area contributed by atoms with Crippen molar-refractivity contribution in [2.24, 2.45) is 5.73 Å². The molecule has 1 aromatic rings. The van der Waals surface area contributed by atoms with Crippen molar-refractivity contribution < 1.29 is 13.9 Å². The number of rotatable bonds is 7. The summed E-state index contributed by atoms with van der Waals surface area (Å²) in [5.74, 6) is 0.518. The van der Waals surface area contributed by atoms with Crippen LogP contribution in [0.4, 0.5) is 0 Å². The first-order valence-corrected chi connectivity index (χ1v) is 6.37. The van der Waals surface area contributed by atoms with Crippen molar-refractivity contribution in [2.45, 2.75) is 20.3 Å². The third-order valence-corrected chi connectivity index (χ3v) is 2.78. The van der Waals surface area contributed by atoms with Crippen LogP contribution in [0.1, 0.15) is 28.6 Å². The minimum Gasteiger partial charge on any atom is -0.436 e. The Kier molecular flexibility index (Phi) is 5.91. The number of carbonyl (C=O) groups excluding carboxylic acids is 1. The van der Waals surface area contributed by atoms with Crippen molar-refractivity contribution in [3.8, 4) is 0 Å². The summed E-state index contributed by atoms with van der Waals surface area (Å²) >= 11 is 4.83. The molecule has 1 amide bonds. The topological polar surface area (TPSA) is 81.6 Å². The summed E-state index contributed by atoms with van der Waals surface area (Å²) in [6, 6.07) is 0. The highest BCUT2D eigenvalue weighted by Crippen LogP contribution is 2.12. The molecule has 1 aromatic heterocycles. The Bertz CT molecular complexity index is 459. The van der Waals surface area contributed by atoms with Crippen molar-refractivity contribution in [2.75, 3.05) is 26.8 Å². The lowest BCUT2D eigenvalue weighted by atomic mass is 10.3. The Morgan fingerprint density at radius 3 is 2.63 bits per heavy atom. The molecule has 0 spiro atoms.